The quantitative estimate of drug-likeness (QED) is 0.587. The highest BCUT2D eigenvalue weighted by Gasteiger charge is 2.30. The average molecular weight is 433 g/mol. The fraction of sp³-hybridized carbons (Fsp3) is 0.316. The molecule has 4 rings (SSSR count). The SMILES string of the molecule is CC1(C)Cc2sc3c(=O)n(CC(=O)c4ccc(Br)cc4)cnc3c2CO1. The number of halogens is 1. The predicted molar refractivity (Wildman–Crippen MR) is 105 cm³/mol. The number of hydrogen-bond donors (Lipinski definition) is 0. The van der Waals surface area contributed by atoms with Crippen molar-refractivity contribution in [2.75, 3.05) is 0 Å². The van der Waals surface area contributed by atoms with E-state index in [1.165, 1.54) is 22.2 Å². The maximum absolute atomic E-state index is 12.9. The molecule has 1 aromatic carbocycles. The van der Waals surface area contributed by atoms with Crippen LogP contribution in [0.5, 0.6) is 0 Å². The van der Waals surface area contributed by atoms with Gasteiger partial charge in [-0.3, -0.25) is 14.2 Å². The molecule has 1 aliphatic heterocycles. The normalized spacial score (nSPS) is 15.8. The standard InChI is InChI=1S/C19H17BrN2O3S/c1-19(2)7-15-13(9-25-19)16-17(26-15)18(24)22(10-21-16)8-14(23)11-3-5-12(20)6-4-11/h3-6,10H,7-9H2,1-2H3. The Morgan fingerprint density at radius 2 is 2.08 bits per heavy atom. The van der Waals surface area contributed by atoms with Gasteiger partial charge in [0.1, 0.15) is 4.70 Å². The van der Waals surface area contributed by atoms with Gasteiger partial charge in [-0.2, -0.15) is 0 Å². The lowest BCUT2D eigenvalue weighted by atomic mass is 9.98. The van der Waals surface area contributed by atoms with Crippen molar-refractivity contribution in [3.05, 3.63) is 61.4 Å². The van der Waals surface area contributed by atoms with Crippen molar-refractivity contribution < 1.29 is 9.53 Å². The van der Waals surface area contributed by atoms with Crippen LogP contribution in [0.3, 0.4) is 0 Å². The Morgan fingerprint density at radius 1 is 1.35 bits per heavy atom. The number of hydrogen-bond acceptors (Lipinski definition) is 5. The molecular formula is C19H17BrN2O3S. The predicted octanol–water partition coefficient (Wildman–Crippen LogP) is 3.95. The van der Waals surface area contributed by atoms with Crippen LogP contribution in [0.15, 0.2) is 39.9 Å². The average Bonchev–Trinajstić information content (AvgIpc) is 2.95. The molecule has 0 amide bonds. The summed E-state index contributed by atoms with van der Waals surface area (Å²) in [4.78, 5) is 30.9. The molecule has 0 aliphatic carbocycles. The topological polar surface area (TPSA) is 61.2 Å². The Hall–Kier alpha value is -1.83. The second-order valence-corrected chi connectivity index (χ2v) is 9.04. The minimum atomic E-state index is -0.232. The molecule has 7 heteroatoms. The molecule has 134 valence electrons. The summed E-state index contributed by atoms with van der Waals surface area (Å²) in [5, 5.41) is 0. The molecule has 0 bridgehead atoms. The largest absolute Gasteiger partial charge is 0.370 e. The number of ether oxygens (including phenoxy) is 1. The van der Waals surface area contributed by atoms with Crippen LogP contribution in [0.4, 0.5) is 0 Å². The van der Waals surface area contributed by atoms with Crippen LogP contribution in [0.1, 0.15) is 34.6 Å². The first-order valence-corrected chi connectivity index (χ1v) is 9.87. The highest BCUT2D eigenvalue weighted by Crippen LogP contribution is 2.36. The van der Waals surface area contributed by atoms with Gasteiger partial charge in [-0.1, -0.05) is 28.1 Å². The molecule has 5 nitrogen and oxygen atoms in total. The van der Waals surface area contributed by atoms with Gasteiger partial charge in [-0.25, -0.2) is 4.98 Å². The second kappa shape index (κ2) is 6.40. The first-order valence-electron chi connectivity index (χ1n) is 8.26. The van der Waals surface area contributed by atoms with E-state index >= 15 is 0 Å². The summed E-state index contributed by atoms with van der Waals surface area (Å²) in [5.74, 6) is -0.119. The maximum atomic E-state index is 12.9. The summed E-state index contributed by atoms with van der Waals surface area (Å²) in [6.07, 6.45) is 2.23. The van der Waals surface area contributed by atoms with Crippen LogP contribution in [0.2, 0.25) is 0 Å². The van der Waals surface area contributed by atoms with Gasteiger partial charge in [0.05, 0.1) is 30.6 Å². The van der Waals surface area contributed by atoms with E-state index in [0.29, 0.717) is 22.4 Å². The molecule has 3 aromatic rings. The van der Waals surface area contributed by atoms with Gasteiger partial charge in [0.15, 0.2) is 5.78 Å². The molecular weight excluding hydrogens is 416 g/mol. The number of aromatic nitrogens is 2. The summed E-state index contributed by atoms with van der Waals surface area (Å²) < 4.78 is 8.76. The lowest BCUT2D eigenvalue weighted by Crippen LogP contribution is -2.30. The monoisotopic (exact) mass is 432 g/mol. The van der Waals surface area contributed by atoms with Crippen LogP contribution < -0.4 is 5.56 Å². The van der Waals surface area contributed by atoms with Crippen molar-refractivity contribution in [2.45, 2.75) is 39.0 Å². The van der Waals surface area contributed by atoms with Crippen LogP contribution in [-0.2, 0) is 24.3 Å². The number of thiophene rings is 1. The summed E-state index contributed by atoms with van der Waals surface area (Å²) >= 11 is 4.82. The molecule has 2 aromatic heterocycles. The first-order chi connectivity index (χ1) is 12.3. The van der Waals surface area contributed by atoms with Crippen molar-refractivity contribution in [3.63, 3.8) is 0 Å². The molecule has 0 saturated carbocycles. The zero-order valence-electron chi connectivity index (χ0n) is 14.4. The molecule has 0 N–H and O–H groups in total. The van der Waals surface area contributed by atoms with Gasteiger partial charge >= 0.3 is 0 Å². The minimum Gasteiger partial charge on any atom is -0.370 e. The van der Waals surface area contributed by atoms with Crippen LogP contribution in [0.25, 0.3) is 10.2 Å². The lowest BCUT2D eigenvalue weighted by Gasteiger charge is -2.29. The van der Waals surface area contributed by atoms with E-state index in [1.807, 2.05) is 26.0 Å². The molecule has 0 atom stereocenters. The Labute approximate surface area is 162 Å². The second-order valence-electron chi connectivity index (χ2n) is 7.01. The zero-order valence-corrected chi connectivity index (χ0v) is 16.8. The van der Waals surface area contributed by atoms with Crippen molar-refractivity contribution in [2.24, 2.45) is 0 Å². The third kappa shape index (κ3) is 3.15. The zero-order chi connectivity index (χ0) is 18.5. The fourth-order valence-electron chi connectivity index (χ4n) is 3.09. The maximum Gasteiger partial charge on any atom is 0.271 e. The van der Waals surface area contributed by atoms with Gasteiger partial charge in [0.25, 0.3) is 5.56 Å². The van der Waals surface area contributed by atoms with Crippen LogP contribution in [0, 0.1) is 0 Å². The number of nitrogens with zero attached hydrogens (tertiary/aromatic N) is 2. The number of carbonyl (C=O) groups is 1. The smallest absolute Gasteiger partial charge is 0.271 e. The number of carbonyl (C=O) groups excluding carboxylic acids is 1. The molecule has 0 unspecified atom stereocenters. The summed E-state index contributed by atoms with van der Waals surface area (Å²) in [6, 6.07) is 7.11. The van der Waals surface area contributed by atoms with Gasteiger partial charge in [0.2, 0.25) is 0 Å². The number of benzene rings is 1. The first kappa shape index (κ1) is 17.6. The molecule has 0 radical (unpaired) electrons. The van der Waals surface area contributed by atoms with E-state index in [-0.39, 0.29) is 23.5 Å². The molecule has 0 spiro atoms. The third-order valence-electron chi connectivity index (χ3n) is 4.52. The van der Waals surface area contributed by atoms with E-state index in [1.54, 1.807) is 12.1 Å². The molecule has 0 fully saturated rings. The Morgan fingerprint density at radius 3 is 2.81 bits per heavy atom. The van der Waals surface area contributed by atoms with Crippen molar-refractivity contribution >= 4 is 43.3 Å². The Bertz CT molecular complexity index is 1070. The highest BCUT2D eigenvalue weighted by atomic mass is 79.9. The number of ketones is 1. The summed E-state index contributed by atoms with van der Waals surface area (Å²) in [5.41, 5.74) is 1.88. The lowest BCUT2D eigenvalue weighted by molar-refractivity contribution is -0.0383. The van der Waals surface area contributed by atoms with E-state index < -0.39 is 0 Å². The molecule has 1 aliphatic rings. The van der Waals surface area contributed by atoms with Crippen molar-refractivity contribution in [3.8, 4) is 0 Å². The summed E-state index contributed by atoms with van der Waals surface area (Å²) in [7, 11) is 0. The van der Waals surface area contributed by atoms with Gasteiger partial charge in [-0.05, 0) is 26.0 Å². The fourth-order valence-corrected chi connectivity index (χ4v) is 4.77. The number of rotatable bonds is 3. The highest BCUT2D eigenvalue weighted by molar-refractivity contribution is 9.10. The van der Waals surface area contributed by atoms with Crippen molar-refractivity contribution in [1.29, 1.82) is 0 Å². The van der Waals surface area contributed by atoms with Gasteiger partial charge < -0.3 is 4.74 Å². The van der Waals surface area contributed by atoms with Crippen LogP contribution >= 0.6 is 27.3 Å². The summed E-state index contributed by atoms with van der Waals surface area (Å²) in [6.45, 7) is 4.54. The Kier molecular flexibility index (Phi) is 4.33. The van der Waals surface area contributed by atoms with Gasteiger partial charge in [-0.15, -0.1) is 11.3 Å². The van der Waals surface area contributed by atoms with Crippen LogP contribution in [-0.4, -0.2) is 20.9 Å². The van der Waals surface area contributed by atoms with E-state index in [0.717, 1.165) is 21.3 Å². The minimum absolute atomic E-state index is 0.0199. The van der Waals surface area contributed by atoms with E-state index in [4.69, 9.17) is 4.74 Å². The van der Waals surface area contributed by atoms with Crippen molar-refractivity contribution in [1.82, 2.24) is 9.55 Å². The van der Waals surface area contributed by atoms with E-state index in [9.17, 15) is 9.59 Å². The molecule has 3 heterocycles. The number of fused-ring (bicyclic) bond motifs is 3. The molecule has 0 saturated heterocycles. The van der Waals surface area contributed by atoms with Gasteiger partial charge in [0, 0.05) is 26.9 Å². The Balaban J connectivity index is 1.69. The molecule has 26 heavy (non-hydrogen) atoms. The van der Waals surface area contributed by atoms with E-state index in [2.05, 4.69) is 20.9 Å². The third-order valence-corrected chi connectivity index (χ3v) is 6.26. The number of Topliss-reactive ketones (excluding diaryl/α,β-unsaturated/α-hetero) is 1.